The lowest BCUT2D eigenvalue weighted by molar-refractivity contribution is -0.127. The number of aryl methyl sites for hydroxylation is 1. The van der Waals surface area contributed by atoms with Gasteiger partial charge in [0, 0.05) is 5.69 Å². The number of rotatable bonds is 3. The van der Waals surface area contributed by atoms with Gasteiger partial charge >= 0.3 is 0 Å². The van der Waals surface area contributed by atoms with Crippen molar-refractivity contribution in [1.29, 1.82) is 0 Å². The summed E-state index contributed by atoms with van der Waals surface area (Å²) in [6, 6.07) is 7.33. The summed E-state index contributed by atoms with van der Waals surface area (Å²) in [7, 11) is 0. The van der Waals surface area contributed by atoms with Crippen LogP contribution in [0.2, 0.25) is 0 Å². The van der Waals surface area contributed by atoms with E-state index in [0.29, 0.717) is 10.6 Å². The molecule has 5 nitrogen and oxygen atoms in total. The van der Waals surface area contributed by atoms with Crippen LogP contribution in [0.4, 0.5) is 10.5 Å². The molecule has 1 fully saturated rings. The first kappa shape index (κ1) is 15.3. The zero-order chi connectivity index (χ0) is 15.6. The van der Waals surface area contributed by atoms with E-state index >= 15 is 0 Å². The standard InChI is InChI=1S/C15H16N2O3S/c1-9(2)13-14(19)17(15(20)21-13)8-12(18)16-11-6-4-5-10(3)7-11/h4-7H,8H2,1-3H3,(H,16,18). The minimum Gasteiger partial charge on any atom is -0.325 e. The SMILES string of the molecule is CC(C)=C1SC(=O)N(CC(=O)Nc2cccc(C)c2)C1=O. The van der Waals surface area contributed by atoms with Crippen molar-refractivity contribution in [2.24, 2.45) is 0 Å². The third kappa shape index (κ3) is 3.52. The van der Waals surface area contributed by atoms with Crippen molar-refractivity contribution in [2.75, 3.05) is 11.9 Å². The number of thioether (sulfide) groups is 1. The van der Waals surface area contributed by atoms with E-state index in [-0.39, 0.29) is 6.54 Å². The second-order valence-corrected chi connectivity index (χ2v) is 5.97. The Morgan fingerprint density at radius 3 is 2.57 bits per heavy atom. The lowest BCUT2D eigenvalue weighted by atomic mass is 10.2. The summed E-state index contributed by atoms with van der Waals surface area (Å²) < 4.78 is 0. The molecule has 0 aliphatic carbocycles. The van der Waals surface area contributed by atoms with E-state index in [1.807, 2.05) is 25.1 Å². The molecule has 21 heavy (non-hydrogen) atoms. The molecule has 110 valence electrons. The molecule has 1 N–H and O–H groups in total. The van der Waals surface area contributed by atoms with Gasteiger partial charge in [-0.2, -0.15) is 0 Å². The van der Waals surface area contributed by atoms with Gasteiger partial charge in [0.1, 0.15) is 6.54 Å². The molecule has 1 aliphatic heterocycles. The number of hydrogen-bond donors (Lipinski definition) is 1. The fourth-order valence-corrected chi connectivity index (χ4v) is 2.74. The molecule has 1 aromatic carbocycles. The number of nitrogens with zero attached hydrogens (tertiary/aromatic N) is 1. The molecule has 3 amide bonds. The topological polar surface area (TPSA) is 66.5 Å². The maximum Gasteiger partial charge on any atom is 0.294 e. The minimum absolute atomic E-state index is 0.268. The van der Waals surface area contributed by atoms with Crippen molar-refractivity contribution in [2.45, 2.75) is 20.8 Å². The van der Waals surface area contributed by atoms with Crippen LogP contribution in [0.25, 0.3) is 0 Å². The summed E-state index contributed by atoms with van der Waals surface area (Å²) >= 11 is 0.878. The molecular formula is C15H16N2O3S. The number of nitrogens with one attached hydrogen (secondary N) is 1. The van der Waals surface area contributed by atoms with E-state index in [2.05, 4.69) is 5.32 Å². The van der Waals surface area contributed by atoms with Crippen LogP contribution in [0.15, 0.2) is 34.7 Å². The van der Waals surface area contributed by atoms with Gasteiger partial charge in [-0.05, 0) is 50.2 Å². The number of imide groups is 1. The first-order valence-corrected chi connectivity index (χ1v) is 7.28. The number of carbonyl (C=O) groups excluding carboxylic acids is 3. The van der Waals surface area contributed by atoms with Gasteiger partial charge in [-0.3, -0.25) is 19.3 Å². The lowest BCUT2D eigenvalue weighted by Crippen LogP contribution is -2.36. The molecule has 0 aromatic heterocycles. The molecule has 1 aromatic rings. The number of carbonyl (C=O) groups is 3. The van der Waals surface area contributed by atoms with Crippen molar-refractivity contribution in [3.8, 4) is 0 Å². The molecule has 1 heterocycles. The zero-order valence-corrected chi connectivity index (χ0v) is 12.9. The van der Waals surface area contributed by atoms with E-state index in [1.54, 1.807) is 19.9 Å². The summed E-state index contributed by atoms with van der Waals surface area (Å²) in [6.45, 7) is 5.18. The summed E-state index contributed by atoms with van der Waals surface area (Å²) in [5.41, 5.74) is 2.44. The number of amides is 3. The lowest BCUT2D eigenvalue weighted by Gasteiger charge is -2.12. The van der Waals surface area contributed by atoms with Crippen molar-refractivity contribution in [3.05, 3.63) is 40.3 Å². The third-order valence-corrected chi connectivity index (χ3v) is 4.09. The first-order valence-electron chi connectivity index (χ1n) is 6.46. The third-order valence-electron chi connectivity index (χ3n) is 2.91. The Morgan fingerprint density at radius 2 is 2.00 bits per heavy atom. The van der Waals surface area contributed by atoms with Gasteiger partial charge in [0.05, 0.1) is 4.91 Å². The van der Waals surface area contributed by atoms with Crippen LogP contribution in [0.1, 0.15) is 19.4 Å². The summed E-state index contributed by atoms with van der Waals surface area (Å²) in [4.78, 5) is 37.2. The molecule has 1 saturated heterocycles. The number of allylic oxidation sites excluding steroid dienone is 1. The number of benzene rings is 1. The normalized spacial score (nSPS) is 14.6. The summed E-state index contributed by atoms with van der Waals surface area (Å²) in [5.74, 6) is -0.790. The van der Waals surface area contributed by atoms with Gasteiger partial charge in [-0.25, -0.2) is 0 Å². The predicted molar refractivity (Wildman–Crippen MR) is 82.9 cm³/mol. The molecule has 0 radical (unpaired) electrons. The second-order valence-electron chi connectivity index (χ2n) is 5.01. The summed E-state index contributed by atoms with van der Waals surface area (Å²) in [6.07, 6.45) is 0. The highest BCUT2D eigenvalue weighted by Gasteiger charge is 2.36. The molecular weight excluding hydrogens is 288 g/mol. The van der Waals surface area contributed by atoms with E-state index in [9.17, 15) is 14.4 Å². The highest BCUT2D eigenvalue weighted by Crippen LogP contribution is 2.32. The molecule has 2 rings (SSSR count). The van der Waals surface area contributed by atoms with E-state index in [4.69, 9.17) is 0 Å². The van der Waals surface area contributed by atoms with Crippen LogP contribution in [0, 0.1) is 6.92 Å². The fraction of sp³-hybridized carbons (Fsp3) is 0.267. The number of hydrogen-bond acceptors (Lipinski definition) is 4. The van der Waals surface area contributed by atoms with Crippen LogP contribution in [-0.2, 0) is 9.59 Å². The Bertz CT molecular complexity index is 648. The average molecular weight is 304 g/mol. The Labute approximate surface area is 127 Å². The van der Waals surface area contributed by atoms with Crippen molar-refractivity contribution < 1.29 is 14.4 Å². The van der Waals surface area contributed by atoms with E-state index in [0.717, 1.165) is 27.8 Å². The average Bonchev–Trinajstić information content (AvgIpc) is 2.67. The van der Waals surface area contributed by atoms with Crippen LogP contribution in [0.3, 0.4) is 0 Å². The van der Waals surface area contributed by atoms with Gasteiger partial charge < -0.3 is 5.32 Å². The minimum atomic E-state index is -0.407. The Balaban J connectivity index is 2.05. The van der Waals surface area contributed by atoms with Gasteiger partial charge in [-0.15, -0.1) is 0 Å². The predicted octanol–water partition coefficient (Wildman–Crippen LogP) is 2.92. The fourth-order valence-electron chi connectivity index (χ4n) is 1.91. The number of anilines is 1. The maximum atomic E-state index is 12.0. The quantitative estimate of drug-likeness (QED) is 0.872. The van der Waals surface area contributed by atoms with Crippen LogP contribution < -0.4 is 5.32 Å². The maximum absolute atomic E-state index is 12.0. The molecule has 0 bridgehead atoms. The van der Waals surface area contributed by atoms with Gasteiger partial charge in [0.25, 0.3) is 11.1 Å². The Kier molecular flexibility index (Phi) is 4.47. The molecule has 0 saturated carbocycles. The van der Waals surface area contributed by atoms with E-state index < -0.39 is 17.1 Å². The van der Waals surface area contributed by atoms with Gasteiger partial charge in [0.2, 0.25) is 5.91 Å². The first-order chi connectivity index (χ1) is 9.88. The van der Waals surface area contributed by atoms with Crippen molar-refractivity contribution in [1.82, 2.24) is 4.90 Å². The van der Waals surface area contributed by atoms with E-state index in [1.165, 1.54) is 0 Å². The van der Waals surface area contributed by atoms with Gasteiger partial charge in [-0.1, -0.05) is 17.7 Å². The molecule has 0 atom stereocenters. The largest absolute Gasteiger partial charge is 0.325 e. The van der Waals surface area contributed by atoms with Crippen LogP contribution in [-0.4, -0.2) is 28.5 Å². The van der Waals surface area contributed by atoms with Crippen LogP contribution >= 0.6 is 11.8 Å². The van der Waals surface area contributed by atoms with Crippen LogP contribution in [0.5, 0.6) is 0 Å². The summed E-state index contributed by atoms with van der Waals surface area (Å²) in [5, 5.41) is 2.28. The smallest absolute Gasteiger partial charge is 0.294 e. The van der Waals surface area contributed by atoms with Crippen molar-refractivity contribution >= 4 is 34.5 Å². The van der Waals surface area contributed by atoms with Gasteiger partial charge in [0.15, 0.2) is 0 Å². The Morgan fingerprint density at radius 1 is 1.29 bits per heavy atom. The zero-order valence-electron chi connectivity index (χ0n) is 12.1. The van der Waals surface area contributed by atoms with Crippen molar-refractivity contribution in [3.63, 3.8) is 0 Å². The highest BCUT2D eigenvalue weighted by molar-refractivity contribution is 8.18. The second kappa shape index (κ2) is 6.13. The molecule has 6 heteroatoms. The highest BCUT2D eigenvalue weighted by atomic mass is 32.2. The molecule has 0 spiro atoms. The molecule has 1 aliphatic rings. The monoisotopic (exact) mass is 304 g/mol. The Hall–Kier alpha value is -2.08. The molecule has 0 unspecified atom stereocenters.